The first-order valence-electron chi connectivity index (χ1n) is 7.90. The zero-order chi connectivity index (χ0) is 14.4. The van der Waals surface area contributed by atoms with E-state index < -0.39 is 0 Å². The van der Waals surface area contributed by atoms with E-state index in [4.69, 9.17) is 4.98 Å². The molecule has 3 atom stereocenters. The number of carbonyl (C=O) groups is 1. The van der Waals surface area contributed by atoms with Gasteiger partial charge in [-0.1, -0.05) is 19.1 Å². The molecule has 2 heterocycles. The van der Waals surface area contributed by atoms with Gasteiger partial charge < -0.3 is 4.90 Å². The number of amides is 1. The van der Waals surface area contributed by atoms with E-state index in [9.17, 15) is 4.79 Å². The van der Waals surface area contributed by atoms with E-state index in [0.29, 0.717) is 11.8 Å². The van der Waals surface area contributed by atoms with E-state index in [1.54, 1.807) is 11.3 Å². The monoisotopic (exact) mass is 300 g/mol. The minimum absolute atomic E-state index is 0.205. The second kappa shape index (κ2) is 5.09. The number of thiazole rings is 1. The van der Waals surface area contributed by atoms with E-state index in [-0.39, 0.29) is 12.0 Å². The summed E-state index contributed by atoms with van der Waals surface area (Å²) in [6, 6.07) is 8.47. The van der Waals surface area contributed by atoms with Crippen LogP contribution < -0.4 is 0 Å². The fraction of sp³-hybridized carbons (Fsp3) is 0.529. The average Bonchev–Trinajstić information content (AvgIpc) is 3.09. The molecule has 1 aliphatic carbocycles. The molecule has 1 saturated heterocycles. The Bertz CT molecular complexity index is 647. The Morgan fingerprint density at radius 2 is 2.14 bits per heavy atom. The maximum atomic E-state index is 12.7. The molecule has 1 amide bonds. The molecule has 0 bridgehead atoms. The summed E-state index contributed by atoms with van der Waals surface area (Å²) in [5.41, 5.74) is 1.07. The van der Waals surface area contributed by atoms with Crippen LogP contribution in [0.3, 0.4) is 0 Å². The van der Waals surface area contributed by atoms with Gasteiger partial charge in [-0.05, 0) is 43.7 Å². The molecule has 4 rings (SSSR count). The first-order valence-corrected chi connectivity index (χ1v) is 8.71. The summed E-state index contributed by atoms with van der Waals surface area (Å²) in [5, 5.41) is 1.12. The fourth-order valence-corrected chi connectivity index (χ4v) is 4.48. The number of aromatic nitrogens is 1. The molecule has 4 heteroatoms. The van der Waals surface area contributed by atoms with Crippen molar-refractivity contribution in [1.82, 2.24) is 9.88 Å². The van der Waals surface area contributed by atoms with Crippen LogP contribution in [-0.2, 0) is 4.79 Å². The van der Waals surface area contributed by atoms with Crippen LogP contribution in [0.15, 0.2) is 24.3 Å². The fourth-order valence-electron chi connectivity index (χ4n) is 3.36. The maximum absolute atomic E-state index is 12.7. The maximum Gasteiger partial charge on any atom is 0.226 e. The molecule has 2 fully saturated rings. The largest absolute Gasteiger partial charge is 0.333 e. The van der Waals surface area contributed by atoms with Crippen molar-refractivity contribution in [2.75, 3.05) is 6.54 Å². The number of fused-ring (bicyclic) bond motifs is 1. The second-order valence-corrected chi connectivity index (χ2v) is 7.44. The lowest BCUT2D eigenvalue weighted by atomic mass is 10.0. The van der Waals surface area contributed by atoms with Crippen molar-refractivity contribution >= 4 is 27.5 Å². The Labute approximate surface area is 129 Å². The van der Waals surface area contributed by atoms with E-state index in [1.165, 1.54) is 11.1 Å². The summed E-state index contributed by atoms with van der Waals surface area (Å²) in [6.07, 6.45) is 4.47. The van der Waals surface area contributed by atoms with Crippen LogP contribution in [0.1, 0.15) is 43.7 Å². The molecule has 0 radical (unpaired) electrons. The number of hydrogen-bond donors (Lipinski definition) is 0. The van der Waals surface area contributed by atoms with Gasteiger partial charge in [0.2, 0.25) is 5.91 Å². The molecule has 2 aromatic rings. The van der Waals surface area contributed by atoms with Crippen molar-refractivity contribution in [3.63, 3.8) is 0 Å². The molecule has 21 heavy (non-hydrogen) atoms. The predicted octanol–water partition coefficient (Wildman–Crippen LogP) is 4.01. The van der Waals surface area contributed by atoms with Crippen LogP contribution in [0.2, 0.25) is 0 Å². The number of carbonyl (C=O) groups excluding carboxylic acids is 1. The lowest BCUT2D eigenvalue weighted by Gasteiger charge is -2.34. The van der Waals surface area contributed by atoms with Crippen molar-refractivity contribution in [1.29, 1.82) is 0 Å². The highest BCUT2D eigenvalue weighted by atomic mass is 32.1. The molecule has 3 nitrogen and oxygen atoms in total. The van der Waals surface area contributed by atoms with Gasteiger partial charge in [0.05, 0.1) is 16.3 Å². The number of rotatable bonds is 2. The van der Waals surface area contributed by atoms with Gasteiger partial charge in [-0.3, -0.25) is 4.79 Å². The average molecular weight is 300 g/mol. The zero-order valence-electron chi connectivity index (χ0n) is 12.3. The molecule has 0 spiro atoms. The zero-order valence-corrected chi connectivity index (χ0v) is 13.1. The number of nitrogens with zero attached hydrogens (tertiary/aromatic N) is 2. The van der Waals surface area contributed by atoms with Crippen LogP contribution in [0.4, 0.5) is 0 Å². The van der Waals surface area contributed by atoms with Crippen molar-refractivity contribution in [3.8, 4) is 0 Å². The van der Waals surface area contributed by atoms with Crippen LogP contribution >= 0.6 is 11.3 Å². The molecule has 1 aromatic carbocycles. The molecular formula is C17H20N2OS. The van der Waals surface area contributed by atoms with Gasteiger partial charge in [0, 0.05) is 12.5 Å². The van der Waals surface area contributed by atoms with Gasteiger partial charge in [0.25, 0.3) is 0 Å². The highest BCUT2D eigenvalue weighted by Gasteiger charge is 2.44. The third-order valence-corrected chi connectivity index (χ3v) is 5.95. The standard InChI is InChI=1S/C17H20N2OS/c1-11-10-12(11)17(20)19-9-5-4-7-14(19)16-18-13-6-2-3-8-15(13)21-16/h2-3,6,8,11-12,14H,4-5,7,9-10H2,1H3/t11-,12-,14+/m1/s1. The Morgan fingerprint density at radius 3 is 2.90 bits per heavy atom. The Balaban J connectivity index is 1.65. The summed E-state index contributed by atoms with van der Waals surface area (Å²) in [6.45, 7) is 3.09. The van der Waals surface area contributed by atoms with Crippen LogP contribution in [0.25, 0.3) is 10.2 Å². The number of hydrogen-bond acceptors (Lipinski definition) is 3. The number of likely N-dealkylation sites (tertiary alicyclic amines) is 1. The molecule has 1 saturated carbocycles. The normalized spacial score (nSPS) is 28.8. The van der Waals surface area contributed by atoms with Crippen molar-refractivity contribution in [2.24, 2.45) is 11.8 Å². The summed E-state index contributed by atoms with van der Waals surface area (Å²) < 4.78 is 1.23. The van der Waals surface area contributed by atoms with Crippen LogP contribution in [0, 0.1) is 11.8 Å². The quantitative estimate of drug-likeness (QED) is 0.839. The first kappa shape index (κ1) is 13.3. The summed E-state index contributed by atoms with van der Waals surface area (Å²) in [7, 11) is 0. The predicted molar refractivity (Wildman–Crippen MR) is 85.2 cm³/mol. The SMILES string of the molecule is C[C@@H]1C[C@H]1C(=O)N1CCCC[C@H]1c1nc2ccccc2s1. The van der Waals surface area contributed by atoms with E-state index in [0.717, 1.165) is 36.3 Å². The van der Waals surface area contributed by atoms with Gasteiger partial charge in [0.1, 0.15) is 5.01 Å². The van der Waals surface area contributed by atoms with Gasteiger partial charge in [0.15, 0.2) is 0 Å². The summed E-state index contributed by atoms with van der Waals surface area (Å²) in [4.78, 5) is 19.6. The smallest absolute Gasteiger partial charge is 0.226 e. The molecular weight excluding hydrogens is 280 g/mol. The lowest BCUT2D eigenvalue weighted by molar-refractivity contribution is -0.136. The van der Waals surface area contributed by atoms with Crippen molar-refractivity contribution in [2.45, 2.75) is 38.6 Å². The number of para-hydroxylation sites is 1. The lowest BCUT2D eigenvalue weighted by Crippen LogP contribution is -2.39. The molecule has 0 N–H and O–H groups in total. The Hall–Kier alpha value is -1.42. The topological polar surface area (TPSA) is 33.2 Å². The Morgan fingerprint density at radius 1 is 1.33 bits per heavy atom. The van der Waals surface area contributed by atoms with E-state index >= 15 is 0 Å². The highest BCUT2D eigenvalue weighted by Crippen LogP contribution is 2.43. The third-order valence-electron chi connectivity index (χ3n) is 4.81. The molecule has 110 valence electrons. The van der Waals surface area contributed by atoms with E-state index in [1.807, 2.05) is 6.07 Å². The van der Waals surface area contributed by atoms with Gasteiger partial charge in [-0.15, -0.1) is 11.3 Å². The first-order chi connectivity index (χ1) is 10.2. The van der Waals surface area contributed by atoms with Gasteiger partial charge in [-0.2, -0.15) is 0 Å². The van der Waals surface area contributed by atoms with Crippen LogP contribution in [-0.4, -0.2) is 22.3 Å². The van der Waals surface area contributed by atoms with Crippen molar-refractivity contribution in [3.05, 3.63) is 29.3 Å². The second-order valence-electron chi connectivity index (χ2n) is 6.38. The highest BCUT2D eigenvalue weighted by molar-refractivity contribution is 7.18. The van der Waals surface area contributed by atoms with Crippen LogP contribution in [0.5, 0.6) is 0 Å². The molecule has 2 aliphatic rings. The summed E-state index contributed by atoms with van der Waals surface area (Å²) >= 11 is 1.75. The summed E-state index contributed by atoms with van der Waals surface area (Å²) in [5.74, 6) is 1.22. The van der Waals surface area contributed by atoms with E-state index in [2.05, 4.69) is 30.0 Å². The van der Waals surface area contributed by atoms with Crippen molar-refractivity contribution < 1.29 is 4.79 Å². The minimum Gasteiger partial charge on any atom is -0.333 e. The molecule has 1 aromatic heterocycles. The molecule has 1 aliphatic heterocycles. The minimum atomic E-state index is 0.205. The van der Waals surface area contributed by atoms with Gasteiger partial charge >= 0.3 is 0 Å². The Kier molecular flexibility index (Phi) is 3.21. The third kappa shape index (κ3) is 2.35. The van der Waals surface area contributed by atoms with Gasteiger partial charge in [-0.25, -0.2) is 4.98 Å². The number of benzene rings is 1. The number of piperidine rings is 1. The molecule has 0 unspecified atom stereocenters.